The number of nitrogens with zero attached hydrogens (tertiary/aromatic N) is 4. The molecule has 0 spiro atoms. The lowest BCUT2D eigenvalue weighted by molar-refractivity contribution is -0.113. The number of hydrogen-bond acceptors (Lipinski definition) is 6. The zero-order valence-electron chi connectivity index (χ0n) is 15.4. The van der Waals surface area contributed by atoms with Crippen LogP contribution in [0.1, 0.15) is 0 Å². The number of benzene rings is 2. The van der Waals surface area contributed by atoms with E-state index in [2.05, 4.69) is 20.5 Å². The van der Waals surface area contributed by atoms with Crippen molar-refractivity contribution >= 4 is 45.7 Å². The Hall–Kier alpha value is -2.68. The predicted molar refractivity (Wildman–Crippen MR) is 118 cm³/mol. The molecule has 29 heavy (non-hydrogen) atoms. The van der Waals surface area contributed by atoms with Crippen LogP contribution in [-0.4, -0.2) is 31.4 Å². The van der Waals surface area contributed by atoms with Gasteiger partial charge in [0.05, 0.1) is 16.5 Å². The van der Waals surface area contributed by atoms with Crippen molar-refractivity contribution < 1.29 is 4.79 Å². The van der Waals surface area contributed by atoms with E-state index in [9.17, 15) is 4.79 Å². The number of carbonyl (C=O) groups is 1. The highest BCUT2D eigenvalue weighted by Gasteiger charge is 2.15. The van der Waals surface area contributed by atoms with Gasteiger partial charge in [-0.3, -0.25) is 4.79 Å². The lowest BCUT2D eigenvalue weighted by Crippen LogP contribution is -2.14. The van der Waals surface area contributed by atoms with Crippen molar-refractivity contribution in [3.8, 4) is 22.6 Å². The van der Waals surface area contributed by atoms with Crippen molar-refractivity contribution in [1.82, 2.24) is 19.7 Å². The third-order valence-electron chi connectivity index (χ3n) is 4.10. The van der Waals surface area contributed by atoms with Crippen LogP contribution in [0.5, 0.6) is 0 Å². The second-order valence-electron chi connectivity index (χ2n) is 6.09. The standard InChI is InChI=1S/C20H16ClN5OS2/c1-26-18(14-9-5-6-10-15(14)21)24-25-20(26)29-12-17(27)23-19-22-16(11-28-19)13-7-3-2-4-8-13/h2-11H,12H2,1H3,(H,22,23,27). The van der Waals surface area contributed by atoms with Gasteiger partial charge < -0.3 is 9.88 Å². The topological polar surface area (TPSA) is 72.7 Å². The number of rotatable bonds is 6. The highest BCUT2D eigenvalue weighted by molar-refractivity contribution is 7.99. The van der Waals surface area contributed by atoms with Gasteiger partial charge in [0, 0.05) is 23.6 Å². The monoisotopic (exact) mass is 441 g/mol. The zero-order valence-corrected chi connectivity index (χ0v) is 17.8. The van der Waals surface area contributed by atoms with Gasteiger partial charge in [0.25, 0.3) is 0 Å². The molecule has 0 unspecified atom stereocenters. The maximum atomic E-state index is 12.3. The van der Waals surface area contributed by atoms with Crippen LogP contribution in [-0.2, 0) is 11.8 Å². The molecule has 0 aliphatic rings. The SMILES string of the molecule is Cn1c(SCC(=O)Nc2nc(-c3ccccc3)cs2)nnc1-c1ccccc1Cl. The van der Waals surface area contributed by atoms with Gasteiger partial charge >= 0.3 is 0 Å². The molecule has 4 aromatic rings. The lowest BCUT2D eigenvalue weighted by atomic mass is 10.2. The van der Waals surface area contributed by atoms with Gasteiger partial charge in [-0.05, 0) is 12.1 Å². The summed E-state index contributed by atoms with van der Waals surface area (Å²) in [6.45, 7) is 0. The molecule has 1 N–H and O–H groups in total. The molecule has 0 radical (unpaired) electrons. The molecule has 0 aliphatic heterocycles. The molecule has 0 fully saturated rings. The minimum atomic E-state index is -0.147. The average molecular weight is 442 g/mol. The van der Waals surface area contributed by atoms with Crippen molar-refractivity contribution in [3.05, 3.63) is 65.0 Å². The fourth-order valence-electron chi connectivity index (χ4n) is 2.68. The number of thioether (sulfide) groups is 1. The van der Waals surface area contributed by atoms with Gasteiger partial charge in [-0.2, -0.15) is 0 Å². The second kappa shape index (κ2) is 8.77. The molecule has 2 aromatic heterocycles. The highest BCUT2D eigenvalue weighted by atomic mass is 35.5. The third-order valence-corrected chi connectivity index (χ3v) is 6.21. The first-order valence-electron chi connectivity index (χ1n) is 8.69. The molecule has 0 saturated carbocycles. The van der Waals surface area contributed by atoms with Gasteiger partial charge in [-0.25, -0.2) is 4.98 Å². The Balaban J connectivity index is 1.38. The molecular weight excluding hydrogens is 426 g/mol. The number of thiazole rings is 1. The Labute approximate surface area is 181 Å². The van der Waals surface area contributed by atoms with E-state index in [0.717, 1.165) is 16.8 Å². The molecule has 2 heterocycles. The van der Waals surface area contributed by atoms with Crippen molar-refractivity contribution in [1.29, 1.82) is 0 Å². The molecule has 0 saturated heterocycles. The number of hydrogen-bond donors (Lipinski definition) is 1. The molecule has 0 bridgehead atoms. The molecule has 1 amide bonds. The molecule has 9 heteroatoms. The van der Waals surface area contributed by atoms with Crippen molar-refractivity contribution in [2.75, 3.05) is 11.1 Å². The smallest absolute Gasteiger partial charge is 0.236 e. The number of anilines is 1. The predicted octanol–water partition coefficient (Wildman–Crippen LogP) is 4.99. The maximum absolute atomic E-state index is 12.3. The van der Waals surface area contributed by atoms with Crippen LogP contribution < -0.4 is 5.32 Å². The first kappa shape index (κ1) is 19.6. The summed E-state index contributed by atoms with van der Waals surface area (Å²) >= 11 is 8.96. The van der Waals surface area contributed by atoms with Gasteiger partial charge in [0.15, 0.2) is 16.1 Å². The van der Waals surface area contributed by atoms with Crippen LogP contribution in [0, 0.1) is 0 Å². The van der Waals surface area contributed by atoms with Gasteiger partial charge in [-0.1, -0.05) is 65.8 Å². The van der Waals surface area contributed by atoms with Crippen molar-refractivity contribution in [2.24, 2.45) is 7.05 Å². The minimum absolute atomic E-state index is 0.147. The van der Waals surface area contributed by atoms with E-state index < -0.39 is 0 Å². The summed E-state index contributed by atoms with van der Waals surface area (Å²) in [4.78, 5) is 16.8. The van der Waals surface area contributed by atoms with Crippen LogP contribution >= 0.6 is 34.7 Å². The Bertz CT molecular complexity index is 1140. The van der Waals surface area contributed by atoms with Gasteiger partial charge in [0.2, 0.25) is 5.91 Å². The highest BCUT2D eigenvalue weighted by Crippen LogP contribution is 2.29. The van der Waals surface area contributed by atoms with Gasteiger partial charge in [-0.15, -0.1) is 21.5 Å². The second-order valence-corrected chi connectivity index (χ2v) is 8.29. The van der Waals surface area contributed by atoms with E-state index >= 15 is 0 Å². The average Bonchev–Trinajstić information content (AvgIpc) is 3.34. The Morgan fingerprint density at radius 3 is 2.69 bits per heavy atom. The summed E-state index contributed by atoms with van der Waals surface area (Å²) in [6, 6.07) is 17.3. The molecule has 2 aromatic carbocycles. The van der Waals surface area contributed by atoms with Crippen LogP contribution in [0.3, 0.4) is 0 Å². The van der Waals surface area contributed by atoms with Crippen LogP contribution in [0.15, 0.2) is 65.1 Å². The molecule has 0 aliphatic carbocycles. The fraction of sp³-hybridized carbons (Fsp3) is 0.100. The van der Waals surface area contributed by atoms with Crippen LogP contribution in [0.2, 0.25) is 5.02 Å². The quantitative estimate of drug-likeness (QED) is 0.427. The molecule has 0 atom stereocenters. The first-order chi connectivity index (χ1) is 14.1. The van der Waals surface area contributed by atoms with E-state index in [4.69, 9.17) is 11.6 Å². The van der Waals surface area contributed by atoms with E-state index in [0.29, 0.717) is 21.1 Å². The van der Waals surface area contributed by atoms with Crippen LogP contribution in [0.4, 0.5) is 5.13 Å². The first-order valence-corrected chi connectivity index (χ1v) is 10.9. The molecule has 6 nitrogen and oxygen atoms in total. The summed E-state index contributed by atoms with van der Waals surface area (Å²) in [7, 11) is 1.85. The number of aromatic nitrogens is 4. The van der Waals surface area contributed by atoms with Crippen LogP contribution in [0.25, 0.3) is 22.6 Å². The largest absolute Gasteiger partial charge is 0.305 e. The van der Waals surface area contributed by atoms with Gasteiger partial charge in [0.1, 0.15) is 0 Å². The summed E-state index contributed by atoms with van der Waals surface area (Å²) in [5.41, 5.74) is 2.66. The van der Waals surface area contributed by atoms with Crippen molar-refractivity contribution in [2.45, 2.75) is 5.16 Å². The Morgan fingerprint density at radius 2 is 1.90 bits per heavy atom. The molecular formula is C20H16ClN5OS2. The maximum Gasteiger partial charge on any atom is 0.236 e. The number of carbonyl (C=O) groups excluding carboxylic acids is 1. The molecule has 146 valence electrons. The lowest BCUT2D eigenvalue weighted by Gasteiger charge is -2.05. The Morgan fingerprint density at radius 1 is 1.14 bits per heavy atom. The molecule has 4 rings (SSSR count). The fourth-order valence-corrected chi connectivity index (χ4v) is 4.34. The third kappa shape index (κ3) is 4.50. The number of nitrogens with one attached hydrogen (secondary N) is 1. The normalized spacial score (nSPS) is 10.8. The Kier molecular flexibility index (Phi) is 5.94. The van der Waals surface area contributed by atoms with E-state index in [1.807, 2.05) is 71.6 Å². The van der Waals surface area contributed by atoms with E-state index in [1.165, 1.54) is 23.1 Å². The summed E-state index contributed by atoms with van der Waals surface area (Å²) in [5, 5.41) is 15.0. The number of amides is 1. The zero-order chi connectivity index (χ0) is 20.2. The summed E-state index contributed by atoms with van der Waals surface area (Å²) in [5.74, 6) is 0.714. The number of halogens is 1. The van der Waals surface area contributed by atoms with E-state index in [1.54, 1.807) is 0 Å². The van der Waals surface area contributed by atoms with E-state index in [-0.39, 0.29) is 11.7 Å². The summed E-state index contributed by atoms with van der Waals surface area (Å²) in [6.07, 6.45) is 0. The minimum Gasteiger partial charge on any atom is -0.305 e. The summed E-state index contributed by atoms with van der Waals surface area (Å²) < 4.78 is 1.83. The van der Waals surface area contributed by atoms with Crippen molar-refractivity contribution in [3.63, 3.8) is 0 Å².